The van der Waals surface area contributed by atoms with Gasteiger partial charge in [-0.3, -0.25) is 9.59 Å². The molecule has 1 amide bonds. The number of piperidine rings is 1. The van der Waals surface area contributed by atoms with Gasteiger partial charge in [0.05, 0.1) is 0 Å². The Morgan fingerprint density at radius 2 is 1.76 bits per heavy atom. The van der Waals surface area contributed by atoms with Gasteiger partial charge < -0.3 is 4.90 Å². The third-order valence-corrected chi connectivity index (χ3v) is 4.40. The van der Waals surface area contributed by atoms with Crippen molar-refractivity contribution >= 4 is 11.7 Å². The number of rotatable bonds is 5. The summed E-state index contributed by atoms with van der Waals surface area (Å²) in [5.74, 6) is 0.746. The van der Waals surface area contributed by atoms with E-state index in [0.717, 1.165) is 32.4 Å². The molecule has 0 radical (unpaired) electrons. The maximum absolute atomic E-state index is 12.2. The van der Waals surface area contributed by atoms with Crippen molar-refractivity contribution in [1.29, 1.82) is 0 Å². The van der Waals surface area contributed by atoms with Crippen molar-refractivity contribution in [1.82, 2.24) is 4.90 Å². The van der Waals surface area contributed by atoms with Crippen LogP contribution in [0.4, 0.5) is 0 Å². The minimum atomic E-state index is 0.177. The number of hydrogen-bond acceptors (Lipinski definition) is 2. The van der Waals surface area contributed by atoms with E-state index >= 15 is 0 Å². The molecular weight excluding hydrogens is 262 g/mol. The van der Waals surface area contributed by atoms with Gasteiger partial charge in [0.25, 0.3) is 0 Å². The molecule has 1 saturated heterocycles. The smallest absolute Gasteiger partial charge is 0.222 e. The van der Waals surface area contributed by atoms with E-state index in [-0.39, 0.29) is 11.8 Å². The lowest BCUT2D eigenvalue weighted by Crippen LogP contribution is -2.40. The minimum Gasteiger partial charge on any atom is -0.343 e. The average molecular weight is 287 g/mol. The Bertz CT molecular complexity index is 484. The minimum absolute atomic E-state index is 0.177. The third-order valence-electron chi connectivity index (χ3n) is 4.40. The van der Waals surface area contributed by atoms with Crippen LogP contribution in [0.2, 0.25) is 0 Å². The van der Waals surface area contributed by atoms with E-state index in [2.05, 4.69) is 31.2 Å². The summed E-state index contributed by atoms with van der Waals surface area (Å²) in [5, 5.41) is 0. The van der Waals surface area contributed by atoms with Gasteiger partial charge >= 0.3 is 0 Å². The van der Waals surface area contributed by atoms with Crippen LogP contribution in [0.5, 0.6) is 0 Å². The Hall–Kier alpha value is -1.64. The maximum Gasteiger partial charge on any atom is 0.222 e. The normalized spacial score (nSPS) is 16.0. The molecule has 1 aliphatic rings. The van der Waals surface area contributed by atoms with Gasteiger partial charge in [-0.2, -0.15) is 0 Å². The quantitative estimate of drug-likeness (QED) is 0.834. The molecular formula is C18H25NO2. The number of likely N-dealkylation sites (tertiary alicyclic amines) is 1. The predicted octanol–water partition coefficient (Wildman–Crippen LogP) is 3.15. The molecule has 0 saturated carbocycles. The van der Waals surface area contributed by atoms with Crippen molar-refractivity contribution in [3.63, 3.8) is 0 Å². The largest absolute Gasteiger partial charge is 0.343 e. The van der Waals surface area contributed by atoms with Crippen LogP contribution in [0.25, 0.3) is 0 Å². The number of carbonyl (C=O) groups excluding carboxylic acids is 2. The van der Waals surface area contributed by atoms with Gasteiger partial charge in [-0.25, -0.2) is 0 Å². The first-order chi connectivity index (χ1) is 10.1. The summed E-state index contributed by atoms with van der Waals surface area (Å²) in [6.45, 7) is 5.46. The molecule has 1 fully saturated rings. The second kappa shape index (κ2) is 7.39. The van der Waals surface area contributed by atoms with Gasteiger partial charge in [-0.15, -0.1) is 0 Å². The maximum atomic E-state index is 12.2. The van der Waals surface area contributed by atoms with Crippen LogP contribution in [0.1, 0.15) is 43.7 Å². The molecule has 1 aromatic rings. The van der Waals surface area contributed by atoms with Crippen LogP contribution in [-0.4, -0.2) is 29.7 Å². The van der Waals surface area contributed by atoms with Crippen LogP contribution in [0.15, 0.2) is 24.3 Å². The summed E-state index contributed by atoms with van der Waals surface area (Å²) in [6.07, 6.45) is 3.65. The monoisotopic (exact) mass is 287 g/mol. The van der Waals surface area contributed by atoms with Gasteiger partial charge in [-0.05, 0) is 31.7 Å². The van der Waals surface area contributed by atoms with Crippen molar-refractivity contribution in [3.8, 4) is 0 Å². The molecule has 0 unspecified atom stereocenters. The third kappa shape index (κ3) is 4.42. The number of amides is 1. The first-order valence-electron chi connectivity index (χ1n) is 7.96. The molecule has 1 aromatic carbocycles. The van der Waals surface area contributed by atoms with Crippen LogP contribution in [-0.2, 0) is 16.0 Å². The Balaban J connectivity index is 1.77. The molecule has 3 nitrogen and oxygen atoms in total. The molecule has 3 heteroatoms. The van der Waals surface area contributed by atoms with E-state index in [0.29, 0.717) is 18.6 Å². The van der Waals surface area contributed by atoms with Crippen LogP contribution in [0.3, 0.4) is 0 Å². The van der Waals surface area contributed by atoms with E-state index in [4.69, 9.17) is 0 Å². The van der Waals surface area contributed by atoms with Crippen LogP contribution in [0, 0.1) is 12.8 Å². The first-order valence-corrected chi connectivity index (χ1v) is 7.96. The number of hydrogen-bond donors (Lipinski definition) is 0. The summed E-state index contributed by atoms with van der Waals surface area (Å²) in [7, 11) is 0. The highest BCUT2D eigenvalue weighted by atomic mass is 16.2. The van der Waals surface area contributed by atoms with E-state index in [1.165, 1.54) is 11.1 Å². The van der Waals surface area contributed by atoms with E-state index in [1.807, 2.05) is 11.8 Å². The standard InChI is InChI=1S/C18H25NO2/c1-3-17(20)16-10-12-19(13-11-16)18(21)9-8-15-6-4-14(2)5-7-15/h4-7,16H,3,8-13H2,1-2H3. The average Bonchev–Trinajstić information content (AvgIpc) is 2.53. The van der Waals surface area contributed by atoms with Crippen LogP contribution < -0.4 is 0 Å². The number of Topliss-reactive ketones (excluding diaryl/α,β-unsaturated/α-hetero) is 1. The fraction of sp³-hybridized carbons (Fsp3) is 0.556. The highest BCUT2D eigenvalue weighted by molar-refractivity contribution is 5.81. The number of ketones is 1. The summed E-state index contributed by atoms with van der Waals surface area (Å²) in [5.41, 5.74) is 2.46. The Morgan fingerprint density at radius 1 is 1.14 bits per heavy atom. The van der Waals surface area contributed by atoms with Gasteiger partial charge in [0.1, 0.15) is 5.78 Å². The van der Waals surface area contributed by atoms with Gasteiger partial charge in [0.2, 0.25) is 5.91 Å². The Kier molecular flexibility index (Phi) is 5.54. The number of nitrogens with zero attached hydrogens (tertiary/aromatic N) is 1. The van der Waals surface area contributed by atoms with Crippen molar-refractivity contribution in [2.24, 2.45) is 5.92 Å². The lowest BCUT2D eigenvalue weighted by Gasteiger charge is -2.31. The zero-order chi connectivity index (χ0) is 15.2. The van der Waals surface area contributed by atoms with Crippen molar-refractivity contribution in [3.05, 3.63) is 35.4 Å². The fourth-order valence-electron chi connectivity index (χ4n) is 2.90. The Morgan fingerprint density at radius 3 is 2.33 bits per heavy atom. The predicted molar refractivity (Wildman–Crippen MR) is 84.1 cm³/mol. The molecule has 0 bridgehead atoms. The Labute approximate surface area is 127 Å². The van der Waals surface area contributed by atoms with E-state index in [1.54, 1.807) is 0 Å². The molecule has 0 N–H and O–H groups in total. The van der Waals surface area contributed by atoms with Crippen molar-refractivity contribution < 1.29 is 9.59 Å². The SMILES string of the molecule is CCC(=O)C1CCN(C(=O)CCc2ccc(C)cc2)CC1. The van der Waals surface area contributed by atoms with Gasteiger partial charge in [0.15, 0.2) is 0 Å². The fourth-order valence-corrected chi connectivity index (χ4v) is 2.90. The number of aryl methyl sites for hydroxylation is 2. The molecule has 0 aliphatic carbocycles. The number of benzene rings is 1. The van der Waals surface area contributed by atoms with Gasteiger partial charge in [-0.1, -0.05) is 36.8 Å². The summed E-state index contributed by atoms with van der Waals surface area (Å²) in [6, 6.07) is 8.35. The molecule has 1 heterocycles. The van der Waals surface area contributed by atoms with Crippen molar-refractivity contribution in [2.45, 2.75) is 46.0 Å². The molecule has 1 aliphatic heterocycles. The van der Waals surface area contributed by atoms with Crippen molar-refractivity contribution in [2.75, 3.05) is 13.1 Å². The van der Waals surface area contributed by atoms with Gasteiger partial charge in [0, 0.05) is 31.8 Å². The molecule has 0 spiro atoms. The van der Waals surface area contributed by atoms with Crippen LogP contribution >= 0.6 is 0 Å². The zero-order valence-electron chi connectivity index (χ0n) is 13.1. The lowest BCUT2D eigenvalue weighted by molar-refractivity contribution is -0.135. The molecule has 0 aromatic heterocycles. The molecule has 2 rings (SSSR count). The topological polar surface area (TPSA) is 37.4 Å². The second-order valence-corrected chi connectivity index (χ2v) is 5.96. The van der Waals surface area contributed by atoms with E-state index < -0.39 is 0 Å². The highest BCUT2D eigenvalue weighted by Crippen LogP contribution is 2.20. The lowest BCUT2D eigenvalue weighted by atomic mass is 9.91. The summed E-state index contributed by atoms with van der Waals surface area (Å²) in [4.78, 5) is 25.8. The zero-order valence-corrected chi connectivity index (χ0v) is 13.1. The summed E-state index contributed by atoms with van der Waals surface area (Å²) >= 11 is 0. The van der Waals surface area contributed by atoms with E-state index in [9.17, 15) is 9.59 Å². The first kappa shape index (κ1) is 15.7. The second-order valence-electron chi connectivity index (χ2n) is 5.96. The molecule has 0 atom stereocenters. The molecule has 21 heavy (non-hydrogen) atoms. The highest BCUT2D eigenvalue weighted by Gasteiger charge is 2.25. The number of carbonyl (C=O) groups is 2. The molecule has 114 valence electrons. The summed E-state index contributed by atoms with van der Waals surface area (Å²) < 4.78 is 0.